The standard InChI is InChI=1S/C14H15F2NO3/c1-20-14(19)12(6-8-2-3-8)17-13(18)9-4-5-10(15)11(16)7-9/h4-5,7-8,12H,2-3,6H2,1H3,(H,17,18)/t12-/m0/s1. The molecule has 0 aromatic heterocycles. The van der Waals surface area contributed by atoms with Crippen molar-refractivity contribution in [3.63, 3.8) is 0 Å². The van der Waals surface area contributed by atoms with Gasteiger partial charge in [-0.2, -0.15) is 0 Å². The van der Waals surface area contributed by atoms with Crippen LogP contribution in [0.4, 0.5) is 8.78 Å². The van der Waals surface area contributed by atoms with Gasteiger partial charge in [0.05, 0.1) is 7.11 Å². The first-order valence-corrected chi connectivity index (χ1v) is 6.35. The number of nitrogens with one attached hydrogen (secondary N) is 1. The zero-order chi connectivity index (χ0) is 14.7. The Bertz CT molecular complexity index is 529. The van der Waals surface area contributed by atoms with E-state index in [-0.39, 0.29) is 5.56 Å². The van der Waals surface area contributed by atoms with Crippen LogP contribution in [0.15, 0.2) is 18.2 Å². The van der Waals surface area contributed by atoms with E-state index in [1.165, 1.54) is 13.2 Å². The maximum atomic E-state index is 13.1. The minimum Gasteiger partial charge on any atom is -0.467 e. The number of esters is 1. The summed E-state index contributed by atoms with van der Waals surface area (Å²) in [7, 11) is 1.24. The van der Waals surface area contributed by atoms with Crippen molar-refractivity contribution in [1.82, 2.24) is 5.32 Å². The molecular formula is C14H15F2NO3. The minimum absolute atomic E-state index is 0.0337. The predicted molar refractivity (Wildman–Crippen MR) is 67.0 cm³/mol. The van der Waals surface area contributed by atoms with E-state index in [9.17, 15) is 18.4 Å². The average molecular weight is 283 g/mol. The molecule has 0 spiro atoms. The third-order valence-corrected chi connectivity index (χ3v) is 3.24. The van der Waals surface area contributed by atoms with Crippen molar-refractivity contribution in [1.29, 1.82) is 0 Å². The molecule has 4 nitrogen and oxygen atoms in total. The summed E-state index contributed by atoms with van der Waals surface area (Å²) < 4.78 is 30.5. The zero-order valence-electron chi connectivity index (χ0n) is 11.0. The lowest BCUT2D eigenvalue weighted by atomic mass is 10.1. The van der Waals surface area contributed by atoms with Gasteiger partial charge in [0.1, 0.15) is 6.04 Å². The van der Waals surface area contributed by atoms with Crippen molar-refractivity contribution in [3.8, 4) is 0 Å². The third kappa shape index (κ3) is 3.53. The monoisotopic (exact) mass is 283 g/mol. The predicted octanol–water partition coefficient (Wildman–Crippen LogP) is 2.04. The fraction of sp³-hybridized carbons (Fsp3) is 0.429. The summed E-state index contributed by atoms with van der Waals surface area (Å²) in [5.74, 6) is -2.88. The van der Waals surface area contributed by atoms with E-state index in [2.05, 4.69) is 10.1 Å². The van der Waals surface area contributed by atoms with Crippen LogP contribution >= 0.6 is 0 Å². The van der Waals surface area contributed by atoms with Crippen LogP contribution in [-0.2, 0) is 9.53 Å². The number of rotatable bonds is 5. The number of benzene rings is 1. The van der Waals surface area contributed by atoms with Crippen molar-refractivity contribution in [2.24, 2.45) is 5.92 Å². The van der Waals surface area contributed by atoms with Crippen molar-refractivity contribution < 1.29 is 23.1 Å². The van der Waals surface area contributed by atoms with Crippen LogP contribution in [0.2, 0.25) is 0 Å². The molecule has 1 amide bonds. The number of halogens is 2. The maximum Gasteiger partial charge on any atom is 0.328 e. The Labute approximate surface area is 115 Å². The van der Waals surface area contributed by atoms with Crippen LogP contribution in [0.5, 0.6) is 0 Å². The summed E-state index contributed by atoms with van der Waals surface area (Å²) >= 11 is 0. The Morgan fingerprint density at radius 3 is 2.60 bits per heavy atom. The second kappa shape index (κ2) is 5.98. The molecular weight excluding hydrogens is 268 g/mol. The van der Waals surface area contributed by atoms with Gasteiger partial charge in [0.25, 0.3) is 5.91 Å². The van der Waals surface area contributed by atoms with Crippen molar-refractivity contribution >= 4 is 11.9 Å². The zero-order valence-corrected chi connectivity index (χ0v) is 11.0. The number of carbonyl (C=O) groups is 2. The summed E-state index contributed by atoms with van der Waals surface area (Å²) in [5.41, 5.74) is -0.0337. The van der Waals surface area contributed by atoms with Crippen LogP contribution in [-0.4, -0.2) is 25.0 Å². The highest BCUT2D eigenvalue weighted by atomic mass is 19.2. The molecule has 1 atom stereocenters. The number of hydrogen-bond donors (Lipinski definition) is 1. The molecule has 1 fully saturated rings. The van der Waals surface area contributed by atoms with Crippen LogP contribution in [0.3, 0.4) is 0 Å². The minimum atomic E-state index is -1.10. The van der Waals surface area contributed by atoms with Gasteiger partial charge < -0.3 is 10.1 Å². The molecule has 0 radical (unpaired) electrons. The van der Waals surface area contributed by atoms with E-state index in [1.54, 1.807) is 0 Å². The van der Waals surface area contributed by atoms with Gasteiger partial charge >= 0.3 is 5.97 Å². The van der Waals surface area contributed by atoms with Gasteiger partial charge in [-0.3, -0.25) is 4.79 Å². The molecule has 0 unspecified atom stereocenters. The Hall–Kier alpha value is -1.98. The molecule has 2 rings (SSSR count). The number of ether oxygens (including phenoxy) is 1. The number of methoxy groups -OCH3 is 1. The molecule has 0 bridgehead atoms. The SMILES string of the molecule is COC(=O)[C@H](CC1CC1)NC(=O)c1ccc(F)c(F)c1. The van der Waals surface area contributed by atoms with Gasteiger partial charge in [0.15, 0.2) is 11.6 Å². The molecule has 0 aliphatic heterocycles. The summed E-state index contributed by atoms with van der Waals surface area (Å²) in [6.07, 6.45) is 2.55. The lowest BCUT2D eigenvalue weighted by molar-refractivity contribution is -0.143. The van der Waals surface area contributed by atoms with Crippen LogP contribution in [0, 0.1) is 17.6 Å². The molecule has 108 valence electrons. The highest BCUT2D eigenvalue weighted by Gasteiger charge is 2.31. The lowest BCUT2D eigenvalue weighted by Gasteiger charge is -2.16. The van der Waals surface area contributed by atoms with E-state index < -0.39 is 29.6 Å². The molecule has 20 heavy (non-hydrogen) atoms. The maximum absolute atomic E-state index is 13.1. The van der Waals surface area contributed by atoms with Crippen molar-refractivity contribution in [3.05, 3.63) is 35.4 Å². The van der Waals surface area contributed by atoms with E-state index >= 15 is 0 Å². The van der Waals surface area contributed by atoms with E-state index in [1.807, 2.05) is 0 Å². The molecule has 1 saturated carbocycles. The molecule has 1 aromatic carbocycles. The summed E-state index contributed by atoms with van der Waals surface area (Å²) in [4.78, 5) is 23.5. The molecule has 1 N–H and O–H groups in total. The Balaban J connectivity index is 2.06. The van der Waals surface area contributed by atoms with E-state index in [0.717, 1.165) is 25.0 Å². The van der Waals surface area contributed by atoms with Gasteiger partial charge in [0.2, 0.25) is 0 Å². The Kier molecular flexibility index (Phi) is 4.32. The second-order valence-electron chi connectivity index (χ2n) is 4.86. The molecule has 1 aromatic rings. The highest BCUT2D eigenvalue weighted by molar-refractivity contribution is 5.96. The number of amides is 1. The van der Waals surface area contributed by atoms with E-state index in [4.69, 9.17) is 0 Å². The summed E-state index contributed by atoms with van der Waals surface area (Å²) in [6.45, 7) is 0. The summed E-state index contributed by atoms with van der Waals surface area (Å²) in [6, 6.07) is 2.08. The number of hydrogen-bond acceptors (Lipinski definition) is 3. The van der Waals surface area contributed by atoms with Gasteiger partial charge in [-0.05, 0) is 30.5 Å². The van der Waals surface area contributed by atoms with Crippen molar-refractivity contribution in [2.75, 3.05) is 7.11 Å². The van der Waals surface area contributed by atoms with Gasteiger partial charge in [-0.15, -0.1) is 0 Å². The second-order valence-corrected chi connectivity index (χ2v) is 4.86. The molecule has 6 heteroatoms. The quantitative estimate of drug-likeness (QED) is 0.841. The van der Waals surface area contributed by atoms with Crippen molar-refractivity contribution in [2.45, 2.75) is 25.3 Å². The fourth-order valence-electron chi connectivity index (χ4n) is 1.92. The van der Waals surface area contributed by atoms with Crippen LogP contribution in [0.1, 0.15) is 29.6 Å². The number of carbonyl (C=O) groups excluding carboxylic acids is 2. The Morgan fingerprint density at radius 2 is 2.05 bits per heavy atom. The fourth-order valence-corrected chi connectivity index (χ4v) is 1.92. The van der Waals surface area contributed by atoms with Crippen LogP contribution in [0.25, 0.3) is 0 Å². The Morgan fingerprint density at radius 1 is 1.35 bits per heavy atom. The molecule has 0 heterocycles. The molecule has 1 aliphatic carbocycles. The lowest BCUT2D eigenvalue weighted by Crippen LogP contribution is -2.41. The van der Waals surface area contributed by atoms with Gasteiger partial charge in [-0.25, -0.2) is 13.6 Å². The summed E-state index contributed by atoms with van der Waals surface area (Å²) in [5, 5.41) is 2.50. The first-order valence-electron chi connectivity index (χ1n) is 6.35. The van der Waals surface area contributed by atoms with Gasteiger partial charge in [-0.1, -0.05) is 12.8 Å². The van der Waals surface area contributed by atoms with E-state index in [0.29, 0.717) is 12.3 Å². The first-order chi connectivity index (χ1) is 9.51. The topological polar surface area (TPSA) is 55.4 Å². The van der Waals surface area contributed by atoms with Gasteiger partial charge in [0, 0.05) is 5.56 Å². The highest BCUT2D eigenvalue weighted by Crippen LogP contribution is 2.33. The third-order valence-electron chi connectivity index (χ3n) is 3.24. The van der Waals surface area contributed by atoms with Crippen LogP contribution < -0.4 is 5.32 Å². The first kappa shape index (κ1) is 14.4. The normalized spacial score (nSPS) is 15.6. The molecule has 0 saturated heterocycles. The smallest absolute Gasteiger partial charge is 0.328 e. The average Bonchev–Trinajstić information content (AvgIpc) is 3.24. The largest absolute Gasteiger partial charge is 0.467 e. The molecule has 1 aliphatic rings.